The third kappa shape index (κ3) is 3.59. The first kappa shape index (κ1) is 16.3. The van der Waals surface area contributed by atoms with Gasteiger partial charge in [0, 0.05) is 31.7 Å². The average Bonchev–Trinajstić information content (AvgIpc) is 2.53. The molecule has 0 unspecified atom stereocenters. The molecule has 5 heteroatoms. The molecule has 0 radical (unpaired) electrons. The Labute approximate surface area is 131 Å². The molecule has 1 aliphatic rings. The van der Waals surface area contributed by atoms with Crippen molar-refractivity contribution in [3.05, 3.63) is 35.4 Å². The van der Waals surface area contributed by atoms with Crippen LogP contribution in [0, 0.1) is 0 Å². The van der Waals surface area contributed by atoms with Gasteiger partial charge in [-0.05, 0) is 23.1 Å². The summed E-state index contributed by atoms with van der Waals surface area (Å²) < 4.78 is 4.70. The fourth-order valence-electron chi connectivity index (χ4n) is 2.52. The molecule has 1 aromatic rings. The standard InChI is InChI=1S/C17H24N2O3/c1-17(2,3)14-7-5-13(6-8-14)15(20)18-9-11-19(12-10-18)16(21)22-4/h5-8H,9-12H2,1-4H3. The quantitative estimate of drug-likeness (QED) is 0.801. The van der Waals surface area contributed by atoms with Crippen LogP contribution in [-0.2, 0) is 10.2 Å². The summed E-state index contributed by atoms with van der Waals surface area (Å²) in [6.07, 6.45) is -0.332. The van der Waals surface area contributed by atoms with Crippen molar-refractivity contribution < 1.29 is 14.3 Å². The second-order valence-electron chi connectivity index (χ2n) is 6.58. The van der Waals surface area contributed by atoms with Gasteiger partial charge in [-0.25, -0.2) is 4.79 Å². The highest BCUT2D eigenvalue weighted by molar-refractivity contribution is 5.94. The molecule has 5 nitrogen and oxygen atoms in total. The highest BCUT2D eigenvalue weighted by Crippen LogP contribution is 2.22. The molecule has 1 fully saturated rings. The molecule has 0 aromatic heterocycles. The molecule has 0 N–H and O–H groups in total. The fourth-order valence-corrected chi connectivity index (χ4v) is 2.52. The van der Waals surface area contributed by atoms with Gasteiger partial charge >= 0.3 is 6.09 Å². The van der Waals surface area contributed by atoms with Crippen LogP contribution in [-0.4, -0.2) is 55.1 Å². The lowest BCUT2D eigenvalue weighted by Crippen LogP contribution is -2.50. The van der Waals surface area contributed by atoms with Crippen LogP contribution in [0.3, 0.4) is 0 Å². The van der Waals surface area contributed by atoms with Crippen LogP contribution in [0.15, 0.2) is 24.3 Å². The molecule has 0 saturated carbocycles. The van der Waals surface area contributed by atoms with Gasteiger partial charge in [-0.2, -0.15) is 0 Å². The van der Waals surface area contributed by atoms with E-state index < -0.39 is 0 Å². The molecule has 0 bridgehead atoms. The molecule has 0 aliphatic carbocycles. The minimum Gasteiger partial charge on any atom is -0.453 e. The Hall–Kier alpha value is -2.04. The van der Waals surface area contributed by atoms with Crippen LogP contribution < -0.4 is 0 Å². The number of methoxy groups -OCH3 is 1. The third-order valence-corrected chi connectivity index (χ3v) is 4.00. The molecule has 0 atom stereocenters. The normalized spacial score (nSPS) is 15.6. The highest BCUT2D eigenvalue weighted by Gasteiger charge is 2.25. The Morgan fingerprint density at radius 3 is 1.91 bits per heavy atom. The van der Waals surface area contributed by atoms with Crippen molar-refractivity contribution in [1.29, 1.82) is 0 Å². The summed E-state index contributed by atoms with van der Waals surface area (Å²) in [5.74, 6) is 0.0185. The molecule has 2 rings (SSSR count). The summed E-state index contributed by atoms with van der Waals surface area (Å²) in [5.41, 5.74) is 1.98. The fraction of sp³-hybridized carbons (Fsp3) is 0.529. The van der Waals surface area contributed by atoms with E-state index in [1.165, 1.54) is 12.7 Å². The highest BCUT2D eigenvalue weighted by atomic mass is 16.5. The summed E-state index contributed by atoms with van der Waals surface area (Å²) in [7, 11) is 1.37. The number of hydrogen-bond donors (Lipinski definition) is 0. The van der Waals surface area contributed by atoms with Crippen molar-refractivity contribution in [1.82, 2.24) is 9.80 Å². The lowest BCUT2D eigenvalue weighted by Gasteiger charge is -2.34. The van der Waals surface area contributed by atoms with E-state index >= 15 is 0 Å². The van der Waals surface area contributed by atoms with Crippen molar-refractivity contribution in [3.8, 4) is 0 Å². The van der Waals surface area contributed by atoms with Gasteiger partial charge in [-0.1, -0.05) is 32.9 Å². The minimum atomic E-state index is -0.332. The number of carbonyl (C=O) groups is 2. The Kier molecular flexibility index (Phi) is 4.74. The van der Waals surface area contributed by atoms with Gasteiger partial charge < -0.3 is 14.5 Å². The van der Waals surface area contributed by atoms with Gasteiger partial charge in [0.1, 0.15) is 0 Å². The molecule has 2 amide bonds. The van der Waals surface area contributed by atoms with Crippen LogP contribution in [0.2, 0.25) is 0 Å². The SMILES string of the molecule is COC(=O)N1CCN(C(=O)c2ccc(C(C)(C)C)cc2)CC1. The molecule has 0 spiro atoms. The predicted molar refractivity (Wildman–Crippen MR) is 85.0 cm³/mol. The van der Waals surface area contributed by atoms with Crippen LogP contribution in [0.1, 0.15) is 36.7 Å². The first-order chi connectivity index (χ1) is 10.3. The van der Waals surface area contributed by atoms with Crippen LogP contribution in [0.4, 0.5) is 4.79 Å². The topological polar surface area (TPSA) is 49.9 Å². The first-order valence-electron chi connectivity index (χ1n) is 7.55. The van der Waals surface area contributed by atoms with E-state index in [2.05, 4.69) is 20.8 Å². The van der Waals surface area contributed by atoms with Gasteiger partial charge in [-0.15, -0.1) is 0 Å². The van der Waals surface area contributed by atoms with Gasteiger partial charge in [0.2, 0.25) is 0 Å². The molecule has 1 aromatic carbocycles. The van der Waals surface area contributed by atoms with Crippen LogP contribution in [0.25, 0.3) is 0 Å². The zero-order valence-corrected chi connectivity index (χ0v) is 13.8. The smallest absolute Gasteiger partial charge is 0.409 e. The summed E-state index contributed by atoms with van der Waals surface area (Å²) in [6.45, 7) is 8.54. The van der Waals surface area contributed by atoms with E-state index in [0.29, 0.717) is 31.7 Å². The number of amides is 2. The number of nitrogens with zero attached hydrogens (tertiary/aromatic N) is 2. The predicted octanol–water partition coefficient (Wildman–Crippen LogP) is 2.51. The number of carbonyl (C=O) groups excluding carboxylic acids is 2. The molecular formula is C17H24N2O3. The number of ether oxygens (including phenoxy) is 1. The van der Waals surface area contributed by atoms with Crippen molar-refractivity contribution >= 4 is 12.0 Å². The monoisotopic (exact) mass is 304 g/mol. The Morgan fingerprint density at radius 1 is 0.955 bits per heavy atom. The van der Waals surface area contributed by atoms with E-state index in [4.69, 9.17) is 4.74 Å². The maximum absolute atomic E-state index is 12.5. The number of benzene rings is 1. The van der Waals surface area contributed by atoms with Crippen molar-refractivity contribution in [2.75, 3.05) is 33.3 Å². The number of rotatable bonds is 1. The zero-order valence-electron chi connectivity index (χ0n) is 13.8. The molecular weight excluding hydrogens is 280 g/mol. The third-order valence-electron chi connectivity index (χ3n) is 4.00. The first-order valence-corrected chi connectivity index (χ1v) is 7.55. The van der Waals surface area contributed by atoms with E-state index in [1.807, 2.05) is 24.3 Å². The Bertz CT molecular complexity index is 538. The molecule has 1 heterocycles. The molecule has 120 valence electrons. The second kappa shape index (κ2) is 6.38. The van der Waals surface area contributed by atoms with E-state index in [0.717, 1.165) is 0 Å². The van der Waals surface area contributed by atoms with Crippen molar-refractivity contribution in [2.24, 2.45) is 0 Å². The largest absolute Gasteiger partial charge is 0.453 e. The molecule has 1 aliphatic heterocycles. The second-order valence-corrected chi connectivity index (χ2v) is 6.58. The summed E-state index contributed by atoms with van der Waals surface area (Å²) in [4.78, 5) is 27.3. The van der Waals surface area contributed by atoms with Gasteiger partial charge in [0.05, 0.1) is 7.11 Å². The minimum absolute atomic E-state index is 0.0185. The summed E-state index contributed by atoms with van der Waals surface area (Å²) in [5, 5.41) is 0. The lowest BCUT2D eigenvalue weighted by molar-refractivity contribution is 0.0599. The van der Waals surface area contributed by atoms with Crippen molar-refractivity contribution in [2.45, 2.75) is 26.2 Å². The molecule has 22 heavy (non-hydrogen) atoms. The Morgan fingerprint density at radius 2 is 1.45 bits per heavy atom. The van der Waals surface area contributed by atoms with E-state index in [-0.39, 0.29) is 17.4 Å². The van der Waals surface area contributed by atoms with Gasteiger partial charge in [0.25, 0.3) is 5.91 Å². The van der Waals surface area contributed by atoms with E-state index in [1.54, 1.807) is 9.80 Å². The molecule has 1 saturated heterocycles. The summed E-state index contributed by atoms with van der Waals surface area (Å²) >= 11 is 0. The van der Waals surface area contributed by atoms with E-state index in [9.17, 15) is 9.59 Å². The van der Waals surface area contributed by atoms with Crippen LogP contribution >= 0.6 is 0 Å². The number of hydrogen-bond acceptors (Lipinski definition) is 3. The maximum atomic E-state index is 12.5. The lowest BCUT2D eigenvalue weighted by atomic mass is 9.86. The van der Waals surface area contributed by atoms with Gasteiger partial charge in [-0.3, -0.25) is 4.79 Å². The Balaban J connectivity index is 2.00. The van der Waals surface area contributed by atoms with Gasteiger partial charge in [0.15, 0.2) is 0 Å². The summed E-state index contributed by atoms with van der Waals surface area (Å²) in [6, 6.07) is 7.79. The van der Waals surface area contributed by atoms with Crippen molar-refractivity contribution in [3.63, 3.8) is 0 Å². The maximum Gasteiger partial charge on any atom is 0.409 e. The average molecular weight is 304 g/mol. The zero-order chi connectivity index (χ0) is 16.3. The number of piperazine rings is 1. The van der Waals surface area contributed by atoms with Crippen LogP contribution in [0.5, 0.6) is 0 Å².